The van der Waals surface area contributed by atoms with E-state index in [-0.39, 0.29) is 0 Å². The quantitative estimate of drug-likeness (QED) is 0.521. The van der Waals surface area contributed by atoms with Crippen LogP contribution in [0.2, 0.25) is 0 Å². The van der Waals surface area contributed by atoms with Gasteiger partial charge in [0.2, 0.25) is 0 Å². The Hall–Kier alpha value is -3.11. The van der Waals surface area contributed by atoms with Gasteiger partial charge in [-0.2, -0.15) is 13.2 Å². The van der Waals surface area contributed by atoms with Crippen molar-refractivity contribution >= 4 is 23.8 Å². The molecule has 1 aromatic rings. The first-order chi connectivity index (χ1) is 12.9. The summed E-state index contributed by atoms with van der Waals surface area (Å²) in [5, 5.41) is 11.4. The minimum Gasteiger partial charge on any atom is -0.480 e. The van der Waals surface area contributed by atoms with E-state index in [1.54, 1.807) is 0 Å². The third-order valence-electron chi connectivity index (χ3n) is 3.97. The average molecular weight is 405 g/mol. The first-order valence-corrected chi connectivity index (χ1v) is 7.80. The second-order valence-electron chi connectivity index (χ2n) is 5.75. The van der Waals surface area contributed by atoms with E-state index in [9.17, 15) is 37.5 Å². The summed E-state index contributed by atoms with van der Waals surface area (Å²) in [6.07, 6.45) is -4.70. The van der Waals surface area contributed by atoms with Gasteiger partial charge in [0, 0.05) is 11.5 Å². The molecule has 0 saturated heterocycles. The molecule has 0 saturated carbocycles. The molecule has 1 aromatic carbocycles. The van der Waals surface area contributed by atoms with Gasteiger partial charge in [-0.05, 0) is 18.2 Å². The summed E-state index contributed by atoms with van der Waals surface area (Å²) in [6.45, 7) is 1.18. The molecule has 0 aliphatic heterocycles. The molecule has 2 N–H and O–H groups in total. The summed E-state index contributed by atoms with van der Waals surface area (Å²) in [7, 11) is 1.95. The number of methoxy groups -OCH3 is 2. The topological polar surface area (TPSA) is 119 Å². The standard InChI is InChI=1S/C17H18F3NO7/c1-8(11(15(25)27-2)16(26)28-3)12(14(23)24)21-13(22)9-5-4-6-10(7-9)17(18,19)20/h4-8,11-12H,1-3H3,(H,21,22)(H,23,24)/t8-,12-/m0/s1. The molecular weight excluding hydrogens is 387 g/mol. The number of hydrogen-bond donors (Lipinski definition) is 2. The first-order valence-electron chi connectivity index (χ1n) is 7.80. The van der Waals surface area contributed by atoms with Crippen LogP contribution in [0.25, 0.3) is 0 Å². The van der Waals surface area contributed by atoms with Crippen molar-refractivity contribution in [2.24, 2.45) is 11.8 Å². The van der Waals surface area contributed by atoms with E-state index >= 15 is 0 Å². The highest BCUT2D eigenvalue weighted by molar-refractivity contribution is 5.98. The number of carbonyl (C=O) groups is 4. The molecule has 2 atom stereocenters. The summed E-state index contributed by atoms with van der Waals surface area (Å²) >= 11 is 0. The van der Waals surface area contributed by atoms with Crippen molar-refractivity contribution < 1.29 is 46.9 Å². The van der Waals surface area contributed by atoms with Gasteiger partial charge >= 0.3 is 24.1 Å². The van der Waals surface area contributed by atoms with Crippen LogP contribution in [0.5, 0.6) is 0 Å². The van der Waals surface area contributed by atoms with Crippen molar-refractivity contribution in [3.63, 3.8) is 0 Å². The molecule has 0 spiro atoms. The maximum absolute atomic E-state index is 12.8. The monoisotopic (exact) mass is 405 g/mol. The van der Waals surface area contributed by atoms with E-state index in [0.717, 1.165) is 32.4 Å². The molecular formula is C17H18F3NO7. The molecule has 1 rings (SSSR count). The Morgan fingerprint density at radius 1 is 1.07 bits per heavy atom. The van der Waals surface area contributed by atoms with E-state index in [2.05, 4.69) is 9.47 Å². The number of nitrogens with one attached hydrogen (secondary N) is 1. The third-order valence-corrected chi connectivity index (χ3v) is 3.97. The maximum atomic E-state index is 12.8. The van der Waals surface area contributed by atoms with Crippen LogP contribution in [-0.4, -0.2) is 49.2 Å². The second kappa shape index (κ2) is 9.20. The fraction of sp³-hybridized carbons (Fsp3) is 0.412. The fourth-order valence-corrected chi connectivity index (χ4v) is 2.45. The van der Waals surface area contributed by atoms with Crippen molar-refractivity contribution in [1.29, 1.82) is 0 Å². The Kier molecular flexibility index (Phi) is 7.53. The van der Waals surface area contributed by atoms with Crippen LogP contribution in [0.1, 0.15) is 22.8 Å². The number of halogens is 3. The van der Waals surface area contributed by atoms with Crippen LogP contribution in [0, 0.1) is 11.8 Å². The number of aliphatic carboxylic acids is 1. The number of alkyl halides is 3. The lowest BCUT2D eigenvalue weighted by Gasteiger charge is -2.26. The molecule has 0 heterocycles. The van der Waals surface area contributed by atoms with Crippen LogP contribution >= 0.6 is 0 Å². The number of carboxylic acid groups (broad SMARTS) is 1. The minimum absolute atomic E-state index is 0.444. The lowest BCUT2D eigenvalue weighted by molar-refractivity contribution is -0.162. The minimum atomic E-state index is -4.70. The molecule has 0 unspecified atom stereocenters. The number of ether oxygens (including phenoxy) is 2. The van der Waals surface area contributed by atoms with Gasteiger partial charge in [0.15, 0.2) is 5.92 Å². The smallest absolute Gasteiger partial charge is 0.416 e. The van der Waals surface area contributed by atoms with E-state index in [1.807, 2.05) is 5.32 Å². The highest BCUT2D eigenvalue weighted by Crippen LogP contribution is 2.29. The molecule has 0 aromatic heterocycles. The number of benzene rings is 1. The summed E-state index contributed by atoms with van der Waals surface area (Å²) in [5.41, 5.74) is -1.54. The van der Waals surface area contributed by atoms with Crippen LogP contribution in [-0.2, 0) is 30.0 Å². The Labute approximate surface area is 157 Å². The number of rotatable bonds is 7. The summed E-state index contributed by atoms with van der Waals surface area (Å²) < 4.78 is 47.3. The predicted molar refractivity (Wildman–Crippen MR) is 87.0 cm³/mol. The van der Waals surface area contributed by atoms with Crippen LogP contribution < -0.4 is 5.32 Å². The van der Waals surface area contributed by atoms with Gasteiger partial charge in [0.1, 0.15) is 6.04 Å². The molecule has 0 radical (unpaired) electrons. The second-order valence-corrected chi connectivity index (χ2v) is 5.75. The predicted octanol–water partition coefficient (Wildman–Crippen LogP) is 1.49. The molecule has 0 bridgehead atoms. The Balaban J connectivity index is 3.16. The van der Waals surface area contributed by atoms with Gasteiger partial charge < -0.3 is 19.9 Å². The van der Waals surface area contributed by atoms with E-state index < -0.39 is 59.0 Å². The van der Waals surface area contributed by atoms with Crippen LogP contribution in [0.3, 0.4) is 0 Å². The Morgan fingerprint density at radius 2 is 1.61 bits per heavy atom. The van der Waals surface area contributed by atoms with Crippen molar-refractivity contribution in [2.75, 3.05) is 14.2 Å². The van der Waals surface area contributed by atoms with Crippen molar-refractivity contribution in [2.45, 2.75) is 19.1 Å². The molecule has 11 heteroatoms. The molecule has 0 fully saturated rings. The largest absolute Gasteiger partial charge is 0.480 e. The van der Waals surface area contributed by atoms with E-state index in [1.165, 1.54) is 6.92 Å². The lowest BCUT2D eigenvalue weighted by atomic mass is 9.87. The zero-order chi connectivity index (χ0) is 21.6. The summed E-state index contributed by atoms with van der Waals surface area (Å²) in [6, 6.07) is 1.56. The van der Waals surface area contributed by atoms with E-state index in [0.29, 0.717) is 6.07 Å². The molecule has 0 aliphatic carbocycles. The average Bonchev–Trinajstić information content (AvgIpc) is 2.64. The van der Waals surface area contributed by atoms with Gasteiger partial charge in [0.05, 0.1) is 19.8 Å². The lowest BCUT2D eigenvalue weighted by Crippen LogP contribution is -2.50. The molecule has 0 aliphatic rings. The van der Waals surface area contributed by atoms with E-state index in [4.69, 9.17) is 0 Å². The highest BCUT2D eigenvalue weighted by Gasteiger charge is 2.42. The normalized spacial score (nSPS) is 13.4. The zero-order valence-corrected chi connectivity index (χ0v) is 15.1. The summed E-state index contributed by atoms with van der Waals surface area (Å²) in [5.74, 6) is -7.90. The maximum Gasteiger partial charge on any atom is 0.416 e. The van der Waals surface area contributed by atoms with Gasteiger partial charge in [-0.1, -0.05) is 13.0 Å². The molecule has 1 amide bonds. The van der Waals surface area contributed by atoms with Crippen molar-refractivity contribution in [1.82, 2.24) is 5.32 Å². The number of esters is 2. The Bertz CT molecular complexity index is 747. The number of carboxylic acids is 1. The van der Waals surface area contributed by atoms with Crippen LogP contribution in [0.4, 0.5) is 13.2 Å². The molecule has 8 nitrogen and oxygen atoms in total. The summed E-state index contributed by atoms with van der Waals surface area (Å²) in [4.78, 5) is 47.5. The number of carbonyl (C=O) groups excluding carboxylic acids is 3. The van der Waals surface area contributed by atoms with Crippen LogP contribution in [0.15, 0.2) is 24.3 Å². The molecule has 154 valence electrons. The fourth-order valence-electron chi connectivity index (χ4n) is 2.45. The third kappa shape index (κ3) is 5.44. The number of amides is 1. The Morgan fingerprint density at radius 3 is 2.04 bits per heavy atom. The SMILES string of the molecule is COC(=O)C(C(=O)OC)[C@H](C)[C@H](NC(=O)c1cccc(C(F)(F)F)c1)C(=O)O. The van der Waals surface area contributed by atoms with Gasteiger partial charge in [-0.25, -0.2) is 4.79 Å². The zero-order valence-electron chi connectivity index (χ0n) is 15.1. The molecule has 28 heavy (non-hydrogen) atoms. The highest BCUT2D eigenvalue weighted by atomic mass is 19.4. The van der Waals surface area contributed by atoms with Crippen molar-refractivity contribution in [3.8, 4) is 0 Å². The van der Waals surface area contributed by atoms with Crippen molar-refractivity contribution in [3.05, 3.63) is 35.4 Å². The van der Waals surface area contributed by atoms with Gasteiger partial charge in [0.25, 0.3) is 5.91 Å². The van der Waals surface area contributed by atoms with Gasteiger partial charge in [-0.15, -0.1) is 0 Å². The first kappa shape index (κ1) is 22.9. The van der Waals surface area contributed by atoms with Gasteiger partial charge in [-0.3, -0.25) is 14.4 Å². The number of hydrogen-bond acceptors (Lipinski definition) is 6.